The molecule has 1 atom stereocenters. The molecule has 1 rings (SSSR count). The SMILES string of the molecule is CCC(C)CN(CC)Cc1ccoc1CNCC(C)C. The Bertz CT molecular complexity index is 360. The van der Waals surface area contributed by atoms with Gasteiger partial charge >= 0.3 is 0 Å². The molecule has 1 unspecified atom stereocenters. The van der Waals surface area contributed by atoms with Gasteiger partial charge in [0.25, 0.3) is 0 Å². The van der Waals surface area contributed by atoms with Crippen LogP contribution in [0.5, 0.6) is 0 Å². The summed E-state index contributed by atoms with van der Waals surface area (Å²) < 4.78 is 5.63. The van der Waals surface area contributed by atoms with E-state index in [1.165, 1.54) is 12.0 Å². The Balaban J connectivity index is 2.51. The predicted octanol–water partition coefficient (Wildman–Crippen LogP) is 3.89. The first-order chi connectivity index (χ1) is 9.56. The minimum absolute atomic E-state index is 0.672. The molecule has 1 heterocycles. The fraction of sp³-hybridized carbons (Fsp3) is 0.765. The normalized spacial score (nSPS) is 13.3. The number of hydrogen-bond donors (Lipinski definition) is 1. The Morgan fingerprint density at radius 3 is 2.60 bits per heavy atom. The van der Waals surface area contributed by atoms with Crippen LogP contribution in [0.2, 0.25) is 0 Å². The number of nitrogens with one attached hydrogen (secondary N) is 1. The minimum atomic E-state index is 0.672. The molecule has 0 aliphatic carbocycles. The van der Waals surface area contributed by atoms with Gasteiger partial charge in [0.05, 0.1) is 12.8 Å². The number of hydrogen-bond acceptors (Lipinski definition) is 3. The van der Waals surface area contributed by atoms with Gasteiger partial charge in [-0.1, -0.05) is 41.0 Å². The van der Waals surface area contributed by atoms with Crippen molar-refractivity contribution in [2.75, 3.05) is 19.6 Å². The van der Waals surface area contributed by atoms with Gasteiger partial charge in [-0.3, -0.25) is 4.90 Å². The van der Waals surface area contributed by atoms with Crippen LogP contribution in [0.15, 0.2) is 16.7 Å². The Morgan fingerprint density at radius 2 is 2.00 bits per heavy atom. The fourth-order valence-corrected chi connectivity index (χ4v) is 2.25. The first-order valence-corrected chi connectivity index (χ1v) is 8.05. The van der Waals surface area contributed by atoms with Gasteiger partial charge in [0.15, 0.2) is 0 Å². The summed E-state index contributed by atoms with van der Waals surface area (Å²) in [5, 5.41) is 3.46. The quantitative estimate of drug-likeness (QED) is 0.705. The maximum absolute atomic E-state index is 5.63. The number of rotatable bonds is 10. The molecule has 0 fully saturated rings. The standard InChI is InChI=1S/C17H32N2O/c1-6-15(5)12-19(7-2)13-16-8-9-20-17(16)11-18-10-14(3)4/h8-9,14-15,18H,6-7,10-13H2,1-5H3. The molecule has 1 aromatic rings. The Hall–Kier alpha value is -0.800. The van der Waals surface area contributed by atoms with Crippen molar-refractivity contribution in [2.24, 2.45) is 11.8 Å². The second-order valence-electron chi connectivity index (χ2n) is 6.23. The van der Waals surface area contributed by atoms with Gasteiger partial charge < -0.3 is 9.73 Å². The lowest BCUT2D eigenvalue weighted by Gasteiger charge is -2.23. The maximum atomic E-state index is 5.63. The third-order valence-corrected chi connectivity index (χ3v) is 3.78. The molecule has 3 nitrogen and oxygen atoms in total. The Kier molecular flexibility index (Phi) is 7.93. The Labute approximate surface area is 124 Å². The molecule has 0 bridgehead atoms. The molecule has 3 heteroatoms. The van der Waals surface area contributed by atoms with Crippen LogP contribution in [0, 0.1) is 11.8 Å². The third-order valence-electron chi connectivity index (χ3n) is 3.78. The summed E-state index contributed by atoms with van der Waals surface area (Å²) in [6, 6.07) is 2.12. The summed E-state index contributed by atoms with van der Waals surface area (Å²) in [5.41, 5.74) is 1.33. The molecule has 0 aliphatic rings. The average Bonchev–Trinajstić information content (AvgIpc) is 2.84. The van der Waals surface area contributed by atoms with Crippen molar-refractivity contribution >= 4 is 0 Å². The largest absolute Gasteiger partial charge is 0.468 e. The van der Waals surface area contributed by atoms with E-state index in [1.807, 2.05) is 6.26 Å². The average molecular weight is 280 g/mol. The van der Waals surface area contributed by atoms with Crippen LogP contribution >= 0.6 is 0 Å². The van der Waals surface area contributed by atoms with Crippen molar-refractivity contribution < 1.29 is 4.42 Å². The van der Waals surface area contributed by atoms with Crippen LogP contribution < -0.4 is 5.32 Å². The van der Waals surface area contributed by atoms with Gasteiger partial charge in [-0.05, 0) is 31.0 Å². The van der Waals surface area contributed by atoms with Gasteiger partial charge in [0.1, 0.15) is 5.76 Å². The van der Waals surface area contributed by atoms with Crippen LogP contribution in [-0.4, -0.2) is 24.5 Å². The van der Waals surface area contributed by atoms with Crippen molar-refractivity contribution in [3.8, 4) is 0 Å². The highest BCUT2D eigenvalue weighted by Crippen LogP contribution is 2.15. The molecule has 0 aliphatic heterocycles. The lowest BCUT2D eigenvalue weighted by atomic mass is 10.1. The van der Waals surface area contributed by atoms with E-state index in [0.717, 1.165) is 44.4 Å². The molecule has 116 valence electrons. The Morgan fingerprint density at radius 1 is 1.25 bits per heavy atom. The van der Waals surface area contributed by atoms with Gasteiger partial charge in [-0.25, -0.2) is 0 Å². The summed E-state index contributed by atoms with van der Waals surface area (Å²) in [4.78, 5) is 2.50. The van der Waals surface area contributed by atoms with Crippen molar-refractivity contribution in [1.29, 1.82) is 0 Å². The second kappa shape index (κ2) is 9.19. The monoisotopic (exact) mass is 280 g/mol. The summed E-state index contributed by atoms with van der Waals surface area (Å²) >= 11 is 0. The van der Waals surface area contributed by atoms with E-state index in [0.29, 0.717) is 5.92 Å². The minimum Gasteiger partial charge on any atom is -0.468 e. The van der Waals surface area contributed by atoms with E-state index in [9.17, 15) is 0 Å². The maximum Gasteiger partial charge on any atom is 0.122 e. The van der Waals surface area contributed by atoms with Crippen molar-refractivity contribution in [1.82, 2.24) is 10.2 Å². The molecule has 20 heavy (non-hydrogen) atoms. The zero-order valence-corrected chi connectivity index (χ0v) is 13.9. The lowest BCUT2D eigenvalue weighted by molar-refractivity contribution is 0.236. The topological polar surface area (TPSA) is 28.4 Å². The van der Waals surface area contributed by atoms with Gasteiger partial charge in [0.2, 0.25) is 0 Å². The zero-order chi connectivity index (χ0) is 15.0. The third kappa shape index (κ3) is 6.10. The molecular formula is C17H32N2O. The molecule has 0 saturated heterocycles. The van der Waals surface area contributed by atoms with Crippen LogP contribution in [0.1, 0.15) is 52.4 Å². The first kappa shape index (κ1) is 17.3. The van der Waals surface area contributed by atoms with Crippen molar-refractivity contribution in [2.45, 2.75) is 54.1 Å². The first-order valence-electron chi connectivity index (χ1n) is 8.05. The highest BCUT2D eigenvalue weighted by Gasteiger charge is 2.12. The second-order valence-corrected chi connectivity index (χ2v) is 6.23. The summed E-state index contributed by atoms with van der Waals surface area (Å²) in [6.07, 6.45) is 3.06. The summed E-state index contributed by atoms with van der Waals surface area (Å²) in [5.74, 6) is 2.52. The van der Waals surface area contributed by atoms with E-state index >= 15 is 0 Å². The summed E-state index contributed by atoms with van der Waals surface area (Å²) in [6.45, 7) is 16.4. The summed E-state index contributed by atoms with van der Waals surface area (Å²) in [7, 11) is 0. The molecule has 1 N–H and O–H groups in total. The lowest BCUT2D eigenvalue weighted by Crippen LogP contribution is -2.28. The molecule has 0 aromatic carbocycles. The van der Waals surface area contributed by atoms with Gasteiger partial charge in [-0.15, -0.1) is 0 Å². The molecule has 0 radical (unpaired) electrons. The van der Waals surface area contributed by atoms with Crippen molar-refractivity contribution in [3.05, 3.63) is 23.7 Å². The van der Waals surface area contributed by atoms with E-state index in [2.05, 4.69) is 50.9 Å². The fourth-order valence-electron chi connectivity index (χ4n) is 2.25. The van der Waals surface area contributed by atoms with E-state index < -0.39 is 0 Å². The van der Waals surface area contributed by atoms with E-state index in [-0.39, 0.29) is 0 Å². The van der Waals surface area contributed by atoms with Crippen LogP contribution in [-0.2, 0) is 13.1 Å². The van der Waals surface area contributed by atoms with E-state index in [4.69, 9.17) is 4.42 Å². The van der Waals surface area contributed by atoms with Crippen molar-refractivity contribution in [3.63, 3.8) is 0 Å². The number of furan rings is 1. The van der Waals surface area contributed by atoms with Crippen LogP contribution in [0.3, 0.4) is 0 Å². The van der Waals surface area contributed by atoms with E-state index in [1.54, 1.807) is 0 Å². The predicted molar refractivity (Wildman–Crippen MR) is 85.7 cm³/mol. The molecule has 1 aromatic heterocycles. The number of nitrogens with zero attached hydrogens (tertiary/aromatic N) is 1. The highest BCUT2D eigenvalue weighted by atomic mass is 16.3. The van der Waals surface area contributed by atoms with Crippen LogP contribution in [0.4, 0.5) is 0 Å². The van der Waals surface area contributed by atoms with Gasteiger partial charge in [-0.2, -0.15) is 0 Å². The molecule has 0 amide bonds. The zero-order valence-electron chi connectivity index (χ0n) is 13.9. The smallest absolute Gasteiger partial charge is 0.122 e. The van der Waals surface area contributed by atoms with Crippen LogP contribution in [0.25, 0.3) is 0 Å². The molecule has 0 saturated carbocycles. The van der Waals surface area contributed by atoms with Gasteiger partial charge in [0, 0.05) is 18.7 Å². The molecule has 0 spiro atoms. The molecular weight excluding hydrogens is 248 g/mol. The highest BCUT2D eigenvalue weighted by molar-refractivity contribution is 5.16.